The molecule has 1 N–H and O–H groups in total. The molecule has 3 rings (SSSR count). The van der Waals surface area contributed by atoms with E-state index in [1.807, 2.05) is 19.1 Å². The predicted molar refractivity (Wildman–Crippen MR) is 93.7 cm³/mol. The van der Waals surface area contributed by atoms with Gasteiger partial charge in [0.1, 0.15) is 5.82 Å². The van der Waals surface area contributed by atoms with E-state index in [4.69, 9.17) is 11.6 Å². The Kier molecular flexibility index (Phi) is 4.80. The Morgan fingerprint density at radius 2 is 2.12 bits per heavy atom. The molecule has 1 aromatic heterocycles. The van der Waals surface area contributed by atoms with E-state index in [0.717, 1.165) is 43.0 Å². The van der Waals surface area contributed by atoms with Gasteiger partial charge in [-0.15, -0.1) is 5.10 Å². The minimum atomic E-state index is -0.417. The summed E-state index contributed by atoms with van der Waals surface area (Å²) in [7, 11) is 0. The number of rotatable bonds is 4. The number of hydrogen-bond donors (Lipinski definition) is 1. The van der Waals surface area contributed by atoms with Crippen molar-refractivity contribution < 1.29 is 4.92 Å². The molecular formula is C16H18ClN5O2. The third-order valence-electron chi connectivity index (χ3n) is 4.19. The SMILES string of the molecule is Cc1cc([N+](=O)[O-])cc(Cl)c1N1CCC(Nc2cccnn2)CC1. The molecule has 0 spiro atoms. The molecule has 24 heavy (non-hydrogen) atoms. The van der Waals surface area contributed by atoms with Gasteiger partial charge in [-0.1, -0.05) is 11.6 Å². The highest BCUT2D eigenvalue weighted by Crippen LogP contribution is 2.35. The lowest BCUT2D eigenvalue weighted by Gasteiger charge is -2.35. The minimum Gasteiger partial charge on any atom is -0.370 e. The van der Waals surface area contributed by atoms with Crippen LogP contribution in [0.15, 0.2) is 30.5 Å². The summed E-state index contributed by atoms with van der Waals surface area (Å²) >= 11 is 6.30. The third kappa shape index (κ3) is 3.56. The lowest BCUT2D eigenvalue weighted by Crippen LogP contribution is -2.39. The van der Waals surface area contributed by atoms with Crippen LogP contribution >= 0.6 is 11.6 Å². The Hall–Kier alpha value is -2.41. The van der Waals surface area contributed by atoms with Crippen LogP contribution in [0.25, 0.3) is 0 Å². The first-order valence-electron chi connectivity index (χ1n) is 7.78. The van der Waals surface area contributed by atoms with E-state index in [-0.39, 0.29) is 5.69 Å². The highest BCUT2D eigenvalue weighted by Gasteiger charge is 2.24. The second kappa shape index (κ2) is 7.00. The highest BCUT2D eigenvalue weighted by atomic mass is 35.5. The number of nitrogens with zero attached hydrogens (tertiary/aromatic N) is 4. The molecule has 7 nitrogen and oxygen atoms in total. The van der Waals surface area contributed by atoms with Crippen LogP contribution in [0.5, 0.6) is 0 Å². The van der Waals surface area contributed by atoms with Gasteiger partial charge < -0.3 is 10.2 Å². The quantitative estimate of drug-likeness (QED) is 0.673. The zero-order chi connectivity index (χ0) is 17.1. The number of benzene rings is 1. The van der Waals surface area contributed by atoms with Gasteiger partial charge in [-0.3, -0.25) is 10.1 Å². The van der Waals surface area contributed by atoms with Crippen molar-refractivity contribution in [3.05, 3.63) is 51.2 Å². The highest BCUT2D eigenvalue weighted by molar-refractivity contribution is 6.33. The third-order valence-corrected chi connectivity index (χ3v) is 4.47. The number of nitro groups is 1. The first-order chi connectivity index (χ1) is 11.5. The van der Waals surface area contributed by atoms with Crippen molar-refractivity contribution in [3.63, 3.8) is 0 Å². The van der Waals surface area contributed by atoms with Crippen molar-refractivity contribution in [2.45, 2.75) is 25.8 Å². The van der Waals surface area contributed by atoms with E-state index in [0.29, 0.717) is 11.1 Å². The predicted octanol–water partition coefficient (Wildman–Crippen LogP) is 3.43. The Morgan fingerprint density at radius 1 is 1.38 bits per heavy atom. The van der Waals surface area contributed by atoms with Crippen molar-refractivity contribution in [3.8, 4) is 0 Å². The van der Waals surface area contributed by atoms with E-state index >= 15 is 0 Å². The van der Waals surface area contributed by atoms with Crippen LogP contribution in [0.2, 0.25) is 5.02 Å². The maximum absolute atomic E-state index is 10.9. The standard InChI is InChI=1S/C16H18ClN5O2/c1-11-9-13(22(23)24)10-14(17)16(11)21-7-4-12(5-8-21)19-15-3-2-6-18-20-15/h2-3,6,9-10,12H,4-5,7-8H2,1H3,(H,19,20). The largest absolute Gasteiger partial charge is 0.370 e. The molecular weight excluding hydrogens is 330 g/mol. The molecule has 0 atom stereocenters. The lowest BCUT2D eigenvalue weighted by atomic mass is 10.0. The summed E-state index contributed by atoms with van der Waals surface area (Å²) in [5.41, 5.74) is 1.75. The number of piperidine rings is 1. The fraction of sp³-hybridized carbons (Fsp3) is 0.375. The van der Waals surface area contributed by atoms with Gasteiger partial charge >= 0.3 is 0 Å². The summed E-state index contributed by atoms with van der Waals surface area (Å²) in [6.07, 6.45) is 3.51. The molecule has 0 unspecified atom stereocenters. The fourth-order valence-electron chi connectivity index (χ4n) is 3.06. The van der Waals surface area contributed by atoms with Crippen molar-refractivity contribution in [1.29, 1.82) is 0 Å². The first-order valence-corrected chi connectivity index (χ1v) is 8.16. The average molecular weight is 348 g/mol. The van der Waals surface area contributed by atoms with Gasteiger partial charge in [0.05, 0.1) is 15.6 Å². The van der Waals surface area contributed by atoms with Crippen LogP contribution in [0.4, 0.5) is 17.2 Å². The van der Waals surface area contributed by atoms with Gasteiger partial charge in [0, 0.05) is 37.5 Å². The molecule has 0 radical (unpaired) electrons. The number of anilines is 2. The van der Waals surface area contributed by atoms with Gasteiger partial charge in [0.2, 0.25) is 0 Å². The van der Waals surface area contributed by atoms with Crippen molar-refractivity contribution >= 4 is 28.8 Å². The zero-order valence-corrected chi connectivity index (χ0v) is 14.0. The zero-order valence-electron chi connectivity index (χ0n) is 13.3. The molecule has 1 aliphatic rings. The van der Waals surface area contributed by atoms with Crippen LogP contribution < -0.4 is 10.2 Å². The Morgan fingerprint density at radius 3 is 2.71 bits per heavy atom. The van der Waals surface area contributed by atoms with Crippen LogP contribution in [-0.2, 0) is 0 Å². The first kappa shape index (κ1) is 16.4. The number of nitrogens with one attached hydrogen (secondary N) is 1. The number of aromatic nitrogens is 2. The summed E-state index contributed by atoms with van der Waals surface area (Å²) in [6, 6.07) is 7.08. The van der Waals surface area contributed by atoms with Gasteiger partial charge in [-0.05, 0) is 37.5 Å². The second-order valence-electron chi connectivity index (χ2n) is 5.86. The van der Waals surface area contributed by atoms with Gasteiger partial charge in [-0.25, -0.2) is 0 Å². The van der Waals surface area contributed by atoms with Crippen LogP contribution in [0.3, 0.4) is 0 Å². The number of nitro benzene ring substituents is 1. The molecule has 2 heterocycles. The summed E-state index contributed by atoms with van der Waals surface area (Å²) in [5, 5.41) is 22.6. The maximum atomic E-state index is 10.9. The maximum Gasteiger partial charge on any atom is 0.271 e. The van der Waals surface area contributed by atoms with Crippen LogP contribution in [0, 0.1) is 17.0 Å². The average Bonchev–Trinajstić information content (AvgIpc) is 2.56. The molecule has 1 aliphatic heterocycles. The fourth-order valence-corrected chi connectivity index (χ4v) is 3.44. The number of non-ortho nitro benzene ring substituents is 1. The van der Waals surface area contributed by atoms with E-state index < -0.39 is 4.92 Å². The summed E-state index contributed by atoms with van der Waals surface area (Å²) in [4.78, 5) is 12.7. The molecule has 8 heteroatoms. The molecule has 126 valence electrons. The summed E-state index contributed by atoms with van der Waals surface area (Å²) in [5.74, 6) is 0.778. The number of aryl methyl sites for hydroxylation is 1. The Labute approximate surface area is 144 Å². The summed E-state index contributed by atoms with van der Waals surface area (Å²) in [6.45, 7) is 3.52. The number of halogens is 1. The van der Waals surface area contributed by atoms with Crippen LogP contribution in [-0.4, -0.2) is 34.3 Å². The molecule has 1 saturated heterocycles. The monoisotopic (exact) mass is 347 g/mol. The normalized spacial score (nSPS) is 15.3. The Bertz CT molecular complexity index is 709. The smallest absolute Gasteiger partial charge is 0.271 e. The van der Waals surface area contributed by atoms with Gasteiger partial charge in [0.15, 0.2) is 0 Å². The van der Waals surface area contributed by atoms with Crippen molar-refractivity contribution in [2.24, 2.45) is 0 Å². The molecule has 1 fully saturated rings. The van der Waals surface area contributed by atoms with Gasteiger partial charge in [0.25, 0.3) is 5.69 Å². The molecule has 0 aliphatic carbocycles. The van der Waals surface area contributed by atoms with E-state index in [1.165, 1.54) is 6.07 Å². The molecule has 0 amide bonds. The van der Waals surface area contributed by atoms with E-state index in [2.05, 4.69) is 20.4 Å². The second-order valence-corrected chi connectivity index (χ2v) is 6.27. The van der Waals surface area contributed by atoms with Crippen LogP contribution in [0.1, 0.15) is 18.4 Å². The molecule has 0 saturated carbocycles. The minimum absolute atomic E-state index is 0.0282. The molecule has 0 bridgehead atoms. The topological polar surface area (TPSA) is 84.2 Å². The van der Waals surface area contributed by atoms with E-state index in [9.17, 15) is 10.1 Å². The summed E-state index contributed by atoms with van der Waals surface area (Å²) < 4.78 is 0. The molecule has 2 aromatic rings. The van der Waals surface area contributed by atoms with Crippen molar-refractivity contribution in [2.75, 3.05) is 23.3 Å². The Balaban J connectivity index is 1.67. The number of hydrogen-bond acceptors (Lipinski definition) is 6. The molecule has 1 aromatic carbocycles. The lowest BCUT2D eigenvalue weighted by molar-refractivity contribution is -0.384. The van der Waals surface area contributed by atoms with Crippen molar-refractivity contribution in [1.82, 2.24) is 10.2 Å². The van der Waals surface area contributed by atoms with Gasteiger partial charge in [-0.2, -0.15) is 5.10 Å². The van der Waals surface area contributed by atoms with E-state index in [1.54, 1.807) is 12.3 Å².